The van der Waals surface area contributed by atoms with E-state index in [1.807, 2.05) is 9.80 Å². The van der Waals surface area contributed by atoms with Crippen LogP contribution in [0.25, 0.3) is 0 Å². The molecule has 2 heterocycles. The second-order valence-electron chi connectivity index (χ2n) is 5.89. The van der Waals surface area contributed by atoms with Crippen molar-refractivity contribution < 1.29 is 9.85 Å². The highest BCUT2D eigenvalue weighted by Crippen LogP contribution is 2.31. The van der Waals surface area contributed by atoms with E-state index in [4.69, 9.17) is 23.2 Å². The van der Waals surface area contributed by atoms with E-state index in [2.05, 4.69) is 0 Å². The lowest BCUT2D eigenvalue weighted by Gasteiger charge is -2.39. The minimum Gasteiger partial charge on any atom is -0.353 e. The van der Waals surface area contributed by atoms with Gasteiger partial charge >= 0.3 is 10.9 Å². The monoisotopic (exact) mass is 378 g/mol. The number of likely N-dealkylation sites (tertiary alicyclic amines) is 2. The molecule has 0 amide bonds. The third-order valence-corrected chi connectivity index (χ3v) is 5.04. The van der Waals surface area contributed by atoms with Crippen LogP contribution >= 0.6 is 23.2 Å². The molecular formula is C14H20Cl2N4O4. The third-order valence-electron chi connectivity index (χ3n) is 4.25. The van der Waals surface area contributed by atoms with Crippen LogP contribution < -0.4 is 0 Å². The summed E-state index contributed by atoms with van der Waals surface area (Å²) in [7, 11) is 0. The lowest BCUT2D eigenvalue weighted by molar-refractivity contribution is -0.431. The summed E-state index contributed by atoms with van der Waals surface area (Å²) in [5, 5.41) is 21.1. The molecule has 2 aliphatic rings. The lowest BCUT2D eigenvalue weighted by Crippen LogP contribution is -2.42. The maximum atomic E-state index is 11.7. The molecular weight excluding hydrogens is 359 g/mol. The molecule has 0 aromatic carbocycles. The number of rotatable bonds is 5. The van der Waals surface area contributed by atoms with Crippen molar-refractivity contribution in [2.24, 2.45) is 0 Å². The van der Waals surface area contributed by atoms with Crippen LogP contribution in [-0.4, -0.2) is 45.8 Å². The molecule has 0 spiro atoms. The largest absolute Gasteiger partial charge is 0.363 e. The Balaban J connectivity index is 2.56. The molecule has 0 unspecified atom stereocenters. The molecule has 0 saturated carbocycles. The predicted octanol–water partition coefficient (Wildman–Crippen LogP) is 3.33. The smallest absolute Gasteiger partial charge is 0.353 e. The van der Waals surface area contributed by atoms with E-state index in [0.717, 1.165) is 38.5 Å². The first kappa shape index (κ1) is 18.8. The van der Waals surface area contributed by atoms with Crippen molar-refractivity contribution >= 4 is 23.2 Å². The lowest BCUT2D eigenvalue weighted by atomic mass is 10.1. The minimum absolute atomic E-state index is 0.365. The molecule has 2 saturated heterocycles. The van der Waals surface area contributed by atoms with Gasteiger partial charge in [0.2, 0.25) is 5.03 Å². The molecule has 0 aliphatic carbocycles. The second kappa shape index (κ2) is 8.53. The van der Waals surface area contributed by atoms with Gasteiger partial charge in [-0.05, 0) is 50.1 Å². The first-order valence-electron chi connectivity index (χ1n) is 8.02. The van der Waals surface area contributed by atoms with E-state index in [1.54, 1.807) is 0 Å². The normalized spacial score (nSPS) is 19.6. The van der Waals surface area contributed by atoms with Crippen LogP contribution in [0.5, 0.6) is 0 Å². The Hall–Kier alpha value is -1.54. The van der Waals surface area contributed by atoms with Crippen molar-refractivity contribution in [3.8, 4) is 0 Å². The van der Waals surface area contributed by atoms with Gasteiger partial charge in [-0.2, -0.15) is 0 Å². The van der Waals surface area contributed by atoms with Gasteiger partial charge in [0.15, 0.2) is 5.82 Å². The number of piperidine rings is 2. The molecule has 2 fully saturated rings. The highest BCUT2D eigenvalue weighted by molar-refractivity contribution is 6.39. The number of hydrogen-bond acceptors (Lipinski definition) is 6. The molecule has 8 nitrogen and oxygen atoms in total. The third kappa shape index (κ3) is 4.30. The molecule has 2 rings (SSSR count). The first-order valence-corrected chi connectivity index (χ1v) is 8.77. The summed E-state index contributed by atoms with van der Waals surface area (Å²) in [5.41, 5.74) is -0.470. The van der Waals surface area contributed by atoms with Crippen molar-refractivity contribution in [2.75, 3.05) is 26.2 Å². The molecule has 134 valence electrons. The second-order valence-corrected chi connectivity index (χ2v) is 6.62. The van der Waals surface area contributed by atoms with Gasteiger partial charge in [0, 0.05) is 26.2 Å². The van der Waals surface area contributed by atoms with E-state index in [1.165, 1.54) is 0 Å². The minimum atomic E-state index is -0.921. The molecule has 0 bridgehead atoms. The van der Waals surface area contributed by atoms with Crippen LogP contribution in [0.3, 0.4) is 0 Å². The SMILES string of the molecule is O=[N+]([O-])C(=C(N1CCCCC1)N1CCCCC1)/C(Cl)=C(\Cl)[N+](=O)[O-]. The maximum absolute atomic E-state index is 11.7. The van der Waals surface area contributed by atoms with Crippen molar-refractivity contribution in [1.29, 1.82) is 0 Å². The zero-order chi connectivity index (χ0) is 17.7. The van der Waals surface area contributed by atoms with Gasteiger partial charge in [-0.3, -0.25) is 20.2 Å². The van der Waals surface area contributed by atoms with Gasteiger partial charge in [-0.1, -0.05) is 11.6 Å². The Bertz CT molecular complexity index is 547. The summed E-state index contributed by atoms with van der Waals surface area (Å²) >= 11 is 11.6. The fourth-order valence-electron chi connectivity index (χ4n) is 3.15. The van der Waals surface area contributed by atoms with E-state index in [-0.39, 0.29) is 0 Å². The standard InChI is InChI=1S/C14H20Cl2N4O4/c15-11(13(16)20(23)24)12(19(21)22)14(17-7-3-1-4-8-17)18-9-5-2-6-10-18/h1-10H2/b13-11-. The first-order chi connectivity index (χ1) is 11.4. The van der Waals surface area contributed by atoms with Crippen LogP contribution in [0.4, 0.5) is 0 Å². The predicted molar refractivity (Wildman–Crippen MR) is 90.6 cm³/mol. The van der Waals surface area contributed by atoms with E-state index in [0.29, 0.717) is 32.0 Å². The summed E-state index contributed by atoms with van der Waals surface area (Å²) in [4.78, 5) is 24.9. The van der Waals surface area contributed by atoms with Crippen LogP contribution in [-0.2, 0) is 0 Å². The van der Waals surface area contributed by atoms with Crippen LogP contribution in [0.15, 0.2) is 21.7 Å². The molecule has 0 atom stereocenters. The Morgan fingerprint density at radius 1 is 0.750 bits per heavy atom. The number of allylic oxidation sites excluding steroid dienone is 1. The molecule has 0 aromatic heterocycles. The van der Waals surface area contributed by atoms with E-state index in [9.17, 15) is 20.2 Å². The Morgan fingerprint density at radius 2 is 1.17 bits per heavy atom. The molecule has 0 N–H and O–H groups in total. The zero-order valence-electron chi connectivity index (χ0n) is 13.2. The van der Waals surface area contributed by atoms with Gasteiger partial charge in [0.05, 0.1) is 9.85 Å². The average molecular weight is 379 g/mol. The number of nitrogens with zero attached hydrogens (tertiary/aromatic N) is 4. The average Bonchev–Trinajstić information content (AvgIpc) is 2.59. The van der Waals surface area contributed by atoms with Gasteiger partial charge in [0.1, 0.15) is 0 Å². The molecule has 0 aromatic rings. The number of hydrogen-bond donors (Lipinski definition) is 0. The van der Waals surface area contributed by atoms with Crippen LogP contribution in [0.1, 0.15) is 38.5 Å². The fraction of sp³-hybridized carbons (Fsp3) is 0.714. The zero-order valence-corrected chi connectivity index (χ0v) is 14.8. The summed E-state index contributed by atoms with van der Waals surface area (Å²) in [6.07, 6.45) is 5.83. The molecule has 0 radical (unpaired) electrons. The van der Waals surface area contributed by atoms with E-state index < -0.39 is 25.7 Å². The molecule has 10 heteroatoms. The van der Waals surface area contributed by atoms with Crippen LogP contribution in [0, 0.1) is 20.2 Å². The summed E-state index contributed by atoms with van der Waals surface area (Å²) in [6.45, 7) is 2.68. The molecule has 2 aliphatic heterocycles. The van der Waals surface area contributed by atoms with E-state index >= 15 is 0 Å². The van der Waals surface area contributed by atoms with Crippen molar-refractivity contribution in [1.82, 2.24) is 9.80 Å². The fourth-order valence-corrected chi connectivity index (χ4v) is 3.46. The maximum Gasteiger partial charge on any atom is 0.363 e. The highest BCUT2D eigenvalue weighted by Gasteiger charge is 2.36. The Kier molecular flexibility index (Phi) is 6.68. The van der Waals surface area contributed by atoms with Gasteiger partial charge in [-0.25, -0.2) is 0 Å². The Morgan fingerprint density at radius 3 is 1.50 bits per heavy atom. The van der Waals surface area contributed by atoms with Crippen molar-refractivity contribution in [3.63, 3.8) is 0 Å². The topological polar surface area (TPSA) is 92.8 Å². The van der Waals surface area contributed by atoms with Crippen molar-refractivity contribution in [3.05, 3.63) is 41.9 Å². The van der Waals surface area contributed by atoms with Crippen molar-refractivity contribution in [2.45, 2.75) is 38.5 Å². The number of halogens is 2. The van der Waals surface area contributed by atoms with Crippen LogP contribution in [0.2, 0.25) is 0 Å². The Labute approximate surface area is 150 Å². The molecule has 24 heavy (non-hydrogen) atoms. The van der Waals surface area contributed by atoms with Gasteiger partial charge in [-0.15, -0.1) is 0 Å². The summed E-state index contributed by atoms with van der Waals surface area (Å²) < 4.78 is 0. The quantitative estimate of drug-likeness (QED) is 0.315. The summed E-state index contributed by atoms with van der Waals surface area (Å²) in [6, 6.07) is 0. The number of nitro groups is 2. The summed E-state index contributed by atoms with van der Waals surface area (Å²) in [5.74, 6) is 0.365. The van der Waals surface area contributed by atoms with Gasteiger partial charge < -0.3 is 9.80 Å². The highest BCUT2D eigenvalue weighted by atomic mass is 35.5. The van der Waals surface area contributed by atoms with Gasteiger partial charge in [0.25, 0.3) is 0 Å².